The normalized spacial score (nSPS) is 10.7. The summed E-state index contributed by atoms with van der Waals surface area (Å²) in [6, 6.07) is 12.4. The van der Waals surface area contributed by atoms with Gasteiger partial charge in [0.25, 0.3) is 5.91 Å². The van der Waals surface area contributed by atoms with Gasteiger partial charge in [-0.05, 0) is 30.3 Å². The molecule has 0 unspecified atom stereocenters. The zero-order valence-electron chi connectivity index (χ0n) is 12.6. The molecule has 6 nitrogen and oxygen atoms in total. The highest BCUT2D eigenvalue weighted by molar-refractivity contribution is 7.90. The molecule has 0 radical (unpaired) electrons. The monoisotopic (exact) mass is 364 g/mol. The van der Waals surface area contributed by atoms with E-state index in [0.29, 0.717) is 5.56 Å². The van der Waals surface area contributed by atoms with Crippen molar-refractivity contribution in [1.82, 2.24) is 0 Å². The van der Waals surface area contributed by atoms with Crippen LogP contribution in [0.3, 0.4) is 0 Å². The van der Waals surface area contributed by atoms with E-state index >= 15 is 0 Å². The lowest BCUT2D eigenvalue weighted by atomic mass is 10.2. The topological polar surface area (TPSA) is 96.3 Å². The number of carbonyl (C=O) groups excluding carboxylic acids is 1. The van der Waals surface area contributed by atoms with Crippen LogP contribution in [0.25, 0.3) is 0 Å². The fraction of sp³-hybridized carbons (Fsp3) is 0.125. The highest BCUT2D eigenvalue weighted by atomic mass is 35.5. The molecule has 0 heterocycles. The van der Waals surface area contributed by atoms with Gasteiger partial charge in [-0.1, -0.05) is 23.7 Å². The molecule has 0 aliphatic carbocycles. The highest BCUT2D eigenvalue weighted by Gasteiger charge is 2.15. The van der Waals surface area contributed by atoms with Gasteiger partial charge in [0.2, 0.25) is 0 Å². The molecule has 24 heavy (non-hydrogen) atoms. The minimum atomic E-state index is -3.47. The Balaban J connectivity index is 2.07. The summed E-state index contributed by atoms with van der Waals surface area (Å²) in [5.41, 5.74) is 0.554. The molecule has 2 aromatic rings. The van der Waals surface area contributed by atoms with Crippen LogP contribution in [0.15, 0.2) is 47.4 Å². The van der Waals surface area contributed by atoms with Gasteiger partial charge < -0.3 is 10.1 Å². The summed E-state index contributed by atoms with van der Waals surface area (Å²) in [5.74, 6) is -0.284. The molecule has 0 aromatic heterocycles. The number of nitrogens with one attached hydrogen (secondary N) is 1. The maximum Gasteiger partial charge on any atom is 0.262 e. The SMILES string of the molecule is CS(=O)(=O)c1ccccc1NC(=O)COc1ccc(C#N)cc1Cl. The summed E-state index contributed by atoms with van der Waals surface area (Å²) in [7, 11) is -3.47. The average molecular weight is 365 g/mol. The average Bonchev–Trinajstić information content (AvgIpc) is 2.53. The first-order valence-corrected chi connectivity index (χ1v) is 8.99. The number of amides is 1. The second-order valence-corrected chi connectivity index (χ2v) is 7.25. The molecule has 0 spiro atoms. The number of nitriles is 1. The fourth-order valence-corrected chi connectivity index (χ4v) is 2.99. The number of ether oxygens (including phenoxy) is 1. The van der Waals surface area contributed by atoms with Gasteiger partial charge in [-0.15, -0.1) is 0 Å². The van der Waals surface area contributed by atoms with Gasteiger partial charge >= 0.3 is 0 Å². The summed E-state index contributed by atoms with van der Waals surface area (Å²) in [5, 5.41) is 11.5. The van der Waals surface area contributed by atoms with Crippen LogP contribution in [0, 0.1) is 11.3 Å². The van der Waals surface area contributed by atoms with E-state index < -0.39 is 15.7 Å². The van der Waals surface area contributed by atoms with E-state index in [-0.39, 0.29) is 28.0 Å². The third-order valence-corrected chi connectivity index (χ3v) is 4.43. The van der Waals surface area contributed by atoms with Crippen LogP contribution in [0.1, 0.15) is 5.56 Å². The minimum absolute atomic E-state index is 0.0229. The summed E-state index contributed by atoms with van der Waals surface area (Å²) >= 11 is 5.95. The van der Waals surface area contributed by atoms with E-state index in [2.05, 4.69) is 5.32 Å². The van der Waals surface area contributed by atoms with Crippen molar-refractivity contribution in [1.29, 1.82) is 5.26 Å². The number of benzene rings is 2. The molecular formula is C16H13ClN2O4S. The van der Waals surface area contributed by atoms with Crippen LogP contribution < -0.4 is 10.1 Å². The maximum atomic E-state index is 12.0. The second-order valence-electron chi connectivity index (χ2n) is 4.86. The predicted octanol–water partition coefficient (Wildman–Crippen LogP) is 2.63. The van der Waals surface area contributed by atoms with E-state index in [4.69, 9.17) is 21.6 Å². The lowest BCUT2D eigenvalue weighted by molar-refractivity contribution is -0.118. The molecule has 124 valence electrons. The first-order chi connectivity index (χ1) is 11.3. The van der Waals surface area contributed by atoms with Crippen molar-refractivity contribution in [3.63, 3.8) is 0 Å². The third kappa shape index (κ3) is 4.47. The minimum Gasteiger partial charge on any atom is -0.482 e. The highest BCUT2D eigenvalue weighted by Crippen LogP contribution is 2.25. The van der Waals surface area contributed by atoms with E-state index in [1.807, 2.05) is 6.07 Å². The van der Waals surface area contributed by atoms with Crippen molar-refractivity contribution in [3.05, 3.63) is 53.1 Å². The van der Waals surface area contributed by atoms with Gasteiger partial charge in [0.1, 0.15) is 5.75 Å². The van der Waals surface area contributed by atoms with Crippen molar-refractivity contribution in [2.45, 2.75) is 4.90 Å². The van der Waals surface area contributed by atoms with Gasteiger partial charge in [0.15, 0.2) is 16.4 Å². The van der Waals surface area contributed by atoms with E-state index in [9.17, 15) is 13.2 Å². The Morgan fingerprint density at radius 2 is 2.00 bits per heavy atom. The van der Waals surface area contributed by atoms with Crippen molar-refractivity contribution in [2.75, 3.05) is 18.2 Å². The summed E-state index contributed by atoms with van der Waals surface area (Å²) in [6.07, 6.45) is 1.06. The Labute approximate surface area is 144 Å². The van der Waals surface area contributed by atoms with Crippen LogP contribution in [0.4, 0.5) is 5.69 Å². The largest absolute Gasteiger partial charge is 0.482 e. The molecular weight excluding hydrogens is 352 g/mol. The Morgan fingerprint density at radius 1 is 1.29 bits per heavy atom. The number of nitrogens with zero attached hydrogens (tertiary/aromatic N) is 1. The maximum absolute atomic E-state index is 12.0. The Hall–Kier alpha value is -2.56. The van der Waals surface area contributed by atoms with Crippen molar-refractivity contribution in [3.8, 4) is 11.8 Å². The second kappa shape index (κ2) is 7.34. The fourth-order valence-electron chi connectivity index (χ4n) is 1.91. The number of halogens is 1. The van der Waals surface area contributed by atoms with Crippen LogP contribution in [-0.4, -0.2) is 27.2 Å². The summed E-state index contributed by atoms with van der Waals surface area (Å²) in [4.78, 5) is 12.0. The predicted molar refractivity (Wildman–Crippen MR) is 89.8 cm³/mol. The molecule has 0 bridgehead atoms. The van der Waals surface area contributed by atoms with Gasteiger partial charge in [0, 0.05) is 6.26 Å². The smallest absolute Gasteiger partial charge is 0.262 e. The number of hydrogen-bond donors (Lipinski definition) is 1. The lowest BCUT2D eigenvalue weighted by Gasteiger charge is -2.11. The van der Waals surface area contributed by atoms with Gasteiger partial charge in [-0.3, -0.25) is 4.79 Å². The number of anilines is 1. The first kappa shape index (κ1) is 17.8. The standard InChI is InChI=1S/C16H13ClN2O4S/c1-24(21,22)15-5-3-2-4-13(15)19-16(20)10-23-14-7-6-11(9-18)8-12(14)17/h2-8H,10H2,1H3,(H,19,20). The molecule has 2 aromatic carbocycles. The Morgan fingerprint density at radius 3 is 2.62 bits per heavy atom. The zero-order chi connectivity index (χ0) is 17.7. The van der Waals surface area contributed by atoms with Crippen LogP contribution in [0.5, 0.6) is 5.75 Å². The van der Waals surface area contributed by atoms with Gasteiger partial charge in [-0.2, -0.15) is 5.26 Å². The molecule has 0 aliphatic heterocycles. The number of rotatable bonds is 5. The van der Waals surface area contributed by atoms with Crippen LogP contribution >= 0.6 is 11.6 Å². The molecule has 0 saturated carbocycles. The van der Waals surface area contributed by atoms with Crippen LogP contribution in [-0.2, 0) is 14.6 Å². The van der Waals surface area contributed by atoms with Crippen LogP contribution in [0.2, 0.25) is 5.02 Å². The molecule has 0 atom stereocenters. The molecule has 8 heteroatoms. The molecule has 0 fully saturated rings. The van der Waals surface area contributed by atoms with Gasteiger partial charge in [-0.25, -0.2) is 8.42 Å². The molecule has 0 aliphatic rings. The quantitative estimate of drug-likeness (QED) is 0.879. The Kier molecular flexibility index (Phi) is 5.44. The number of hydrogen-bond acceptors (Lipinski definition) is 5. The third-order valence-electron chi connectivity index (χ3n) is 2.98. The molecule has 2 rings (SSSR count). The first-order valence-electron chi connectivity index (χ1n) is 6.72. The van der Waals surface area contributed by atoms with E-state index in [1.165, 1.54) is 30.3 Å². The molecule has 1 amide bonds. The molecule has 1 N–H and O–H groups in total. The van der Waals surface area contributed by atoms with Gasteiger partial charge in [0.05, 0.1) is 27.2 Å². The molecule has 0 saturated heterocycles. The summed E-state index contributed by atoms with van der Waals surface area (Å²) < 4.78 is 28.7. The number of sulfone groups is 1. The number of carbonyl (C=O) groups is 1. The van der Waals surface area contributed by atoms with Crippen molar-refractivity contribution < 1.29 is 17.9 Å². The Bertz CT molecular complexity index is 920. The summed E-state index contributed by atoms with van der Waals surface area (Å²) in [6.45, 7) is -0.357. The van der Waals surface area contributed by atoms with Crippen molar-refractivity contribution in [2.24, 2.45) is 0 Å². The zero-order valence-corrected chi connectivity index (χ0v) is 14.2. The lowest BCUT2D eigenvalue weighted by Crippen LogP contribution is -2.21. The van der Waals surface area contributed by atoms with E-state index in [0.717, 1.165) is 6.26 Å². The van der Waals surface area contributed by atoms with E-state index in [1.54, 1.807) is 12.1 Å². The number of para-hydroxylation sites is 1. The van der Waals surface area contributed by atoms with Crippen molar-refractivity contribution >= 4 is 33.0 Å².